The molecule has 396 valence electrons. The van der Waals surface area contributed by atoms with E-state index in [4.69, 9.17) is 9.72 Å². The van der Waals surface area contributed by atoms with Gasteiger partial charge in [-0.3, -0.25) is 0 Å². The Kier molecular flexibility index (Phi) is 14.8. The van der Waals surface area contributed by atoms with Crippen molar-refractivity contribution in [1.82, 2.24) is 9.55 Å². The van der Waals surface area contributed by atoms with Crippen molar-refractivity contribution in [2.45, 2.75) is 104 Å². The third-order valence-electron chi connectivity index (χ3n) is 15.9. The number of hydrogen-bond acceptors (Lipinski definition) is 4. The molecule has 6 heteroatoms. The van der Waals surface area contributed by atoms with Gasteiger partial charge in [-0.15, -0.1) is 53.6 Å². The van der Waals surface area contributed by atoms with Crippen LogP contribution in [-0.2, 0) is 37.3 Å². The van der Waals surface area contributed by atoms with Gasteiger partial charge in [-0.2, -0.15) is 6.07 Å². The predicted molar refractivity (Wildman–Crippen MR) is 322 cm³/mol. The van der Waals surface area contributed by atoms with Crippen LogP contribution in [-0.4, -0.2) is 9.55 Å². The smallest absolute Gasteiger partial charge is 0.135 e. The molecular formula is C72H69N4OPt-3. The molecule has 2 aromatic heterocycles. The molecule has 0 amide bonds. The molecule has 10 aromatic rings. The number of rotatable bonds is 13. The van der Waals surface area contributed by atoms with E-state index in [0.29, 0.717) is 23.3 Å². The zero-order chi connectivity index (χ0) is 53.8. The summed E-state index contributed by atoms with van der Waals surface area (Å²) in [6, 6.07) is 73.4. The topological polar surface area (TPSA) is 33.5 Å². The van der Waals surface area contributed by atoms with E-state index < -0.39 is 0 Å². The standard InChI is InChI=1S/C72H69N4O.Pt/c1-48(2)62-28-21-29-63(49(3)4)69(62)52-40-59(75-37-36-74(47-75)58-39-51(50-22-15-12-16-23-50)38-57(42-58)72(10,11)54-26-19-14-20-27-54)45-61(41-52)77-60-31-32-64-65-43-56(71(8,9)53-24-17-13-18-25-53)30-33-66(65)76(67(64)46-60)68-44-55(34-35-73-68)70(5,6)7;/h12-44,47-49H,1-11H3;/q-3;. The average Bonchev–Trinajstić information content (AvgIpc) is 4.27. The summed E-state index contributed by atoms with van der Waals surface area (Å²) in [6.07, 6.45) is 6.19. The van der Waals surface area contributed by atoms with Crippen molar-refractivity contribution in [2.24, 2.45) is 0 Å². The van der Waals surface area contributed by atoms with Crippen LogP contribution in [0.4, 0.5) is 11.4 Å². The molecular weight excluding hydrogens is 1130 g/mol. The fourth-order valence-electron chi connectivity index (χ4n) is 11.1. The first-order valence-electron chi connectivity index (χ1n) is 27.2. The Hall–Kier alpha value is -7.46. The van der Waals surface area contributed by atoms with Crippen molar-refractivity contribution in [3.05, 3.63) is 258 Å². The van der Waals surface area contributed by atoms with Gasteiger partial charge < -0.3 is 19.1 Å². The van der Waals surface area contributed by atoms with Crippen LogP contribution < -0.4 is 14.5 Å². The quantitative estimate of drug-likeness (QED) is 0.108. The minimum atomic E-state index is -0.250. The molecule has 5 nitrogen and oxygen atoms in total. The largest absolute Gasteiger partial charge is 0.509 e. The summed E-state index contributed by atoms with van der Waals surface area (Å²) in [5.41, 5.74) is 16.8. The van der Waals surface area contributed by atoms with Crippen LogP contribution in [0.25, 0.3) is 49.9 Å². The maximum absolute atomic E-state index is 7.10. The van der Waals surface area contributed by atoms with Crippen LogP contribution >= 0.6 is 0 Å². The number of fused-ring (bicyclic) bond motifs is 3. The molecule has 0 saturated carbocycles. The third-order valence-corrected chi connectivity index (χ3v) is 15.9. The van der Waals surface area contributed by atoms with E-state index in [1.54, 1.807) is 0 Å². The van der Waals surface area contributed by atoms with Gasteiger partial charge in [0.05, 0.1) is 0 Å². The van der Waals surface area contributed by atoms with Gasteiger partial charge in [0.25, 0.3) is 0 Å². The minimum Gasteiger partial charge on any atom is -0.509 e. The maximum Gasteiger partial charge on any atom is 0.135 e. The summed E-state index contributed by atoms with van der Waals surface area (Å²) < 4.78 is 9.35. The van der Waals surface area contributed by atoms with Crippen LogP contribution in [0.3, 0.4) is 0 Å². The molecule has 0 radical (unpaired) electrons. The van der Waals surface area contributed by atoms with Gasteiger partial charge in [0.2, 0.25) is 0 Å². The number of nitrogens with zero attached hydrogens (tertiary/aromatic N) is 4. The molecule has 0 atom stereocenters. The van der Waals surface area contributed by atoms with Crippen LogP contribution in [0.15, 0.2) is 201 Å². The first-order valence-corrected chi connectivity index (χ1v) is 27.2. The minimum absolute atomic E-state index is 0. The van der Waals surface area contributed by atoms with Gasteiger partial charge >= 0.3 is 0 Å². The Labute approximate surface area is 477 Å². The Morgan fingerprint density at radius 1 is 0.487 bits per heavy atom. The molecule has 78 heavy (non-hydrogen) atoms. The van der Waals surface area contributed by atoms with Gasteiger partial charge in [0, 0.05) is 60.8 Å². The molecule has 1 aliphatic heterocycles. The van der Waals surface area contributed by atoms with Crippen molar-refractivity contribution >= 4 is 33.2 Å². The number of aromatic nitrogens is 2. The molecule has 0 aliphatic carbocycles. The van der Waals surface area contributed by atoms with Crippen molar-refractivity contribution in [2.75, 3.05) is 9.80 Å². The second-order valence-electron chi connectivity index (χ2n) is 23.5. The summed E-state index contributed by atoms with van der Waals surface area (Å²) in [4.78, 5) is 9.41. The molecule has 1 aliphatic rings. The number of ether oxygens (including phenoxy) is 1. The monoisotopic (exact) mass is 1200 g/mol. The van der Waals surface area contributed by atoms with Crippen LogP contribution in [0.2, 0.25) is 0 Å². The van der Waals surface area contributed by atoms with Crippen LogP contribution in [0, 0.1) is 18.8 Å². The fraction of sp³-hybridized carbons (Fsp3) is 0.222. The third kappa shape index (κ3) is 10.4. The Balaban J connectivity index is 0.00000688. The molecule has 0 saturated heterocycles. The first-order chi connectivity index (χ1) is 36.9. The zero-order valence-electron chi connectivity index (χ0n) is 46.8. The Morgan fingerprint density at radius 2 is 1.12 bits per heavy atom. The molecule has 11 rings (SSSR count). The van der Waals surface area contributed by atoms with E-state index in [1.807, 2.05) is 6.20 Å². The predicted octanol–water partition coefficient (Wildman–Crippen LogP) is 19.0. The molecule has 3 heterocycles. The molecule has 0 fully saturated rings. The second-order valence-corrected chi connectivity index (χ2v) is 23.5. The number of hydrogen-bond donors (Lipinski definition) is 0. The van der Waals surface area contributed by atoms with Crippen molar-refractivity contribution in [1.29, 1.82) is 0 Å². The molecule has 0 N–H and O–H groups in total. The molecule has 0 spiro atoms. The summed E-state index contributed by atoms with van der Waals surface area (Å²) in [7, 11) is 0. The second kappa shape index (κ2) is 21.4. The van der Waals surface area contributed by atoms with E-state index in [2.05, 4.69) is 304 Å². The summed E-state index contributed by atoms with van der Waals surface area (Å²) in [6.45, 7) is 27.3. The van der Waals surface area contributed by atoms with E-state index in [0.717, 1.165) is 44.6 Å². The van der Waals surface area contributed by atoms with Crippen molar-refractivity contribution in [3.8, 4) is 39.6 Å². The fourth-order valence-corrected chi connectivity index (χ4v) is 11.1. The van der Waals surface area contributed by atoms with Crippen LogP contribution in [0.5, 0.6) is 11.5 Å². The molecule has 8 aromatic carbocycles. The zero-order valence-corrected chi connectivity index (χ0v) is 49.1. The first kappa shape index (κ1) is 53.9. The number of pyridine rings is 1. The van der Waals surface area contributed by atoms with Crippen LogP contribution in [0.1, 0.15) is 127 Å². The SMILES string of the molecule is CC(C)c1cccc(C(C)C)c1-c1cc(Oc2[c-]c3c(cc2)c2cc(C(C)(C)c4ccccc4)ccc2n3-c2cc(C(C)(C)C)ccn2)[c-]c(N2C=CN(c3cc(-c4ccccc4)cc(C(C)(C)c4ccccc4)c3)[CH-]2)c1.[Pt]. The molecule has 0 bridgehead atoms. The number of benzene rings is 8. The van der Waals surface area contributed by atoms with E-state index in [1.165, 1.54) is 55.6 Å². The Bertz CT molecular complexity index is 3780. The van der Waals surface area contributed by atoms with E-state index in [-0.39, 0.29) is 37.3 Å². The van der Waals surface area contributed by atoms with E-state index in [9.17, 15) is 0 Å². The Morgan fingerprint density at radius 3 is 1.76 bits per heavy atom. The van der Waals surface area contributed by atoms with Gasteiger partial charge in [-0.25, -0.2) is 4.98 Å². The van der Waals surface area contributed by atoms with Gasteiger partial charge in [0.15, 0.2) is 0 Å². The van der Waals surface area contributed by atoms with Gasteiger partial charge in [-0.05, 0) is 121 Å². The average molecular weight is 1200 g/mol. The van der Waals surface area contributed by atoms with Crippen molar-refractivity contribution in [3.63, 3.8) is 0 Å². The summed E-state index contributed by atoms with van der Waals surface area (Å²) in [5, 5.41) is 2.22. The van der Waals surface area contributed by atoms with Gasteiger partial charge in [-0.1, -0.05) is 209 Å². The maximum atomic E-state index is 7.10. The van der Waals surface area contributed by atoms with Crippen molar-refractivity contribution < 1.29 is 25.8 Å². The number of anilines is 2. The summed E-state index contributed by atoms with van der Waals surface area (Å²) >= 11 is 0. The van der Waals surface area contributed by atoms with Gasteiger partial charge in [0.1, 0.15) is 5.82 Å². The van der Waals surface area contributed by atoms with E-state index >= 15 is 0 Å². The molecule has 0 unspecified atom stereocenters. The summed E-state index contributed by atoms with van der Waals surface area (Å²) in [5.74, 6) is 2.62. The normalized spacial score (nSPS) is 13.0.